The van der Waals surface area contributed by atoms with Crippen LogP contribution in [0.4, 0.5) is 4.79 Å². The zero-order chi connectivity index (χ0) is 13.9. The molecule has 2 atom stereocenters. The maximum absolute atomic E-state index is 12.0. The number of likely N-dealkylation sites (tertiary alicyclic amines) is 1. The number of hydrogen-bond acceptors (Lipinski definition) is 3. The van der Waals surface area contributed by atoms with E-state index in [1.54, 1.807) is 4.90 Å². The van der Waals surface area contributed by atoms with Crippen molar-refractivity contribution >= 4 is 12.0 Å². The van der Waals surface area contributed by atoms with Gasteiger partial charge in [-0.05, 0) is 19.3 Å². The lowest BCUT2D eigenvalue weighted by atomic mass is 9.84. The lowest BCUT2D eigenvalue weighted by Gasteiger charge is -2.23. The van der Waals surface area contributed by atoms with Crippen LogP contribution in [0.3, 0.4) is 0 Å². The van der Waals surface area contributed by atoms with Gasteiger partial charge in [-0.25, -0.2) is 4.79 Å². The van der Waals surface area contributed by atoms with Crippen LogP contribution in [0.25, 0.3) is 0 Å². The molecule has 2 amide bonds. The van der Waals surface area contributed by atoms with Crippen LogP contribution in [-0.2, 0) is 9.53 Å². The number of rotatable bonds is 4. The predicted molar refractivity (Wildman–Crippen MR) is 68.9 cm³/mol. The van der Waals surface area contributed by atoms with E-state index in [2.05, 4.69) is 5.32 Å². The monoisotopic (exact) mass is 270 g/mol. The van der Waals surface area contributed by atoms with E-state index in [-0.39, 0.29) is 6.03 Å². The number of nitrogens with zero attached hydrogens (tertiary/aromatic N) is 1. The number of carboxylic acid groups (broad SMARTS) is 1. The van der Waals surface area contributed by atoms with Gasteiger partial charge in [0, 0.05) is 32.2 Å². The molecule has 2 unspecified atom stereocenters. The summed E-state index contributed by atoms with van der Waals surface area (Å²) in [4.78, 5) is 24.9. The van der Waals surface area contributed by atoms with Gasteiger partial charge in [-0.1, -0.05) is 6.92 Å². The Hall–Kier alpha value is -1.30. The summed E-state index contributed by atoms with van der Waals surface area (Å²) in [5.74, 6) is -0.406. The Labute approximate surface area is 113 Å². The summed E-state index contributed by atoms with van der Waals surface area (Å²) in [5, 5.41) is 12.2. The Morgan fingerprint density at radius 3 is 2.84 bits per heavy atom. The fraction of sp³-hybridized carbons (Fsp3) is 0.846. The van der Waals surface area contributed by atoms with Crippen molar-refractivity contribution in [2.24, 2.45) is 11.3 Å². The normalized spacial score (nSPS) is 30.6. The molecule has 2 fully saturated rings. The van der Waals surface area contributed by atoms with Crippen LogP contribution in [0.5, 0.6) is 0 Å². The van der Waals surface area contributed by atoms with Crippen molar-refractivity contribution in [3.05, 3.63) is 0 Å². The Morgan fingerprint density at radius 2 is 2.32 bits per heavy atom. The number of aliphatic carboxylic acids is 1. The van der Waals surface area contributed by atoms with Crippen molar-refractivity contribution in [2.75, 3.05) is 32.8 Å². The summed E-state index contributed by atoms with van der Waals surface area (Å²) in [6, 6.07) is -0.150. The fourth-order valence-electron chi connectivity index (χ4n) is 2.75. The van der Waals surface area contributed by atoms with Crippen molar-refractivity contribution < 1.29 is 19.4 Å². The van der Waals surface area contributed by atoms with Crippen LogP contribution in [-0.4, -0.2) is 54.9 Å². The average molecular weight is 270 g/mol. The standard InChI is InChI=1S/C13H22N2O4/c1-2-13(11(16)17)4-5-15(9-13)12(18)14-7-10-3-6-19-8-10/h10H,2-9H2,1H3,(H,14,18)(H,16,17). The molecule has 0 bridgehead atoms. The third-order valence-electron chi connectivity index (χ3n) is 4.34. The number of nitrogens with one attached hydrogen (secondary N) is 1. The summed E-state index contributed by atoms with van der Waals surface area (Å²) in [6.07, 6.45) is 2.08. The number of hydrogen-bond donors (Lipinski definition) is 2. The van der Waals surface area contributed by atoms with E-state index < -0.39 is 11.4 Å². The molecule has 0 saturated carbocycles. The highest BCUT2D eigenvalue weighted by atomic mass is 16.5. The number of amides is 2. The van der Waals surface area contributed by atoms with Gasteiger partial charge in [0.15, 0.2) is 0 Å². The molecule has 19 heavy (non-hydrogen) atoms. The minimum Gasteiger partial charge on any atom is -0.481 e. The van der Waals surface area contributed by atoms with Crippen LogP contribution >= 0.6 is 0 Å². The first kappa shape index (κ1) is 14.1. The second-order valence-corrected chi connectivity index (χ2v) is 5.53. The highest BCUT2D eigenvalue weighted by molar-refractivity contribution is 5.79. The van der Waals surface area contributed by atoms with Crippen molar-refractivity contribution in [1.29, 1.82) is 0 Å². The molecular weight excluding hydrogens is 248 g/mol. The Balaban J connectivity index is 1.82. The molecule has 0 aromatic heterocycles. The first-order chi connectivity index (χ1) is 9.07. The van der Waals surface area contributed by atoms with Crippen molar-refractivity contribution in [3.63, 3.8) is 0 Å². The van der Waals surface area contributed by atoms with Gasteiger partial charge in [-0.15, -0.1) is 0 Å². The summed E-state index contributed by atoms with van der Waals surface area (Å²) in [6.45, 7) is 4.78. The van der Waals surface area contributed by atoms with Gasteiger partial charge in [0.1, 0.15) is 0 Å². The lowest BCUT2D eigenvalue weighted by molar-refractivity contribution is -0.148. The van der Waals surface area contributed by atoms with Gasteiger partial charge in [0.25, 0.3) is 0 Å². The van der Waals surface area contributed by atoms with E-state index >= 15 is 0 Å². The molecule has 2 aliphatic heterocycles. The lowest BCUT2D eigenvalue weighted by Crippen LogP contribution is -2.43. The molecule has 0 radical (unpaired) electrons. The second-order valence-electron chi connectivity index (χ2n) is 5.53. The largest absolute Gasteiger partial charge is 0.481 e. The van der Waals surface area contributed by atoms with E-state index in [1.807, 2.05) is 6.92 Å². The average Bonchev–Trinajstić information content (AvgIpc) is 3.05. The first-order valence-corrected chi connectivity index (χ1v) is 6.91. The van der Waals surface area contributed by atoms with Crippen molar-refractivity contribution in [1.82, 2.24) is 10.2 Å². The first-order valence-electron chi connectivity index (χ1n) is 6.91. The molecule has 6 heteroatoms. The minimum atomic E-state index is -0.797. The Morgan fingerprint density at radius 1 is 1.53 bits per heavy atom. The van der Waals surface area contributed by atoms with Gasteiger partial charge in [0.2, 0.25) is 0 Å². The molecule has 2 rings (SSSR count). The SMILES string of the molecule is CCC1(C(=O)O)CCN(C(=O)NCC2CCOC2)C1. The predicted octanol–water partition coefficient (Wildman–Crippen LogP) is 0.919. The van der Waals surface area contributed by atoms with Crippen LogP contribution < -0.4 is 5.32 Å². The zero-order valence-electron chi connectivity index (χ0n) is 11.4. The quantitative estimate of drug-likeness (QED) is 0.796. The van der Waals surface area contributed by atoms with Crippen molar-refractivity contribution in [3.8, 4) is 0 Å². The molecular formula is C13H22N2O4. The molecule has 0 aliphatic carbocycles. The van der Waals surface area contributed by atoms with Gasteiger partial charge >= 0.3 is 12.0 Å². The second kappa shape index (κ2) is 5.77. The molecule has 0 aromatic rings. The smallest absolute Gasteiger partial charge is 0.317 e. The molecule has 2 saturated heterocycles. The van der Waals surface area contributed by atoms with Crippen LogP contribution in [0.1, 0.15) is 26.2 Å². The molecule has 108 valence electrons. The third kappa shape index (κ3) is 3.00. The van der Waals surface area contributed by atoms with E-state index in [0.29, 0.717) is 45.0 Å². The minimum absolute atomic E-state index is 0.150. The molecule has 0 aromatic carbocycles. The number of ether oxygens (including phenoxy) is 1. The highest BCUT2D eigenvalue weighted by Crippen LogP contribution is 2.34. The molecule has 6 nitrogen and oxygen atoms in total. The van der Waals surface area contributed by atoms with Crippen LogP contribution in [0.15, 0.2) is 0 Å². The van der Waals surface area contributed by atoms with Gasteiger partial charge in [-0.3, -0.25) is 4.79 Å². The fourth-order valence-corrected chi connectivity index (χ4v) is 2.75. The number of carbonyl (C=O) groups is 2. The van der Waals surface area contributed by atoms with E-state index in [4.69, 9.17) is 4.74 Å². The number of carbonyl (C=O) groups excluding carboxylic acids is 1. The molecule has 2 aliphatic rings. The molecule has 2 N–H and O–H groups in total. The van der Waals surface area contributed by atoms with E-state index in [1.165, 1.54) is 0 Å². The molecule has 2 heterocycles. The maximum Gasteiger partial charge on any atom is 0.317 e. The van der Waals surface area contributed by atoms with E-state index in [0.717, 1.165) is 13.0 Å². The third-order valence-corrected chi connectivity index (χ3v) is 4.34. The summed E-state index contributed by atoms with van der Waals surface area (Å²) in [5.41, 5.74) is -0.756. The summed E-state index contributed by atoms with van der Waals surface area (Å²) < 4.78 is 5.25. The van der Waals surface area contributed by atoms with Crippen LogP contribution in [0, 0.1) is 11.3 Å². The zero-order valence-corrected chi connectivity index (χ0v) is 11.4. The van der Waals surface area contributed by atoms with E-state index in [9.17, 15) is 14.7 Å². The molecule has 0 spiro atoms. The number of urea groups is 1. The van der Waals surface area contributed by atoms with Crippen LogP contribution in [0.2, 0.25) is 0 Å². The van der Waals surface area contributed by atoms with Gasteiger partial charge in [-0.2, -0.15) is 0 Å². The number of carboxylic acids is 1. The maximum atomic E-state index is 12.0. The summed E-state index contributed by atoms with van der Waals surface area (Å²) in [7, 11) is 0. The Kier molecular flexibility index (Phi) is 4.29. The Bertz CT molecular complexity index is 355. The highest BCUT2D eigenvalue weighted by Gasteiger charge is 2.44. The van der Waals surface area contributed by atoms with Gasteiger partial charge < -0.3 is 20.1 Å². The van der Waals surface area contributed by atoms with Gasteiger partial charge in [0.05, 0.1) is 12.0 Å². The topological polar surface area (TPSA) is 78.9 Å². The van der Waals surface area contributed by atoms with Crippen molar-refractivity contribution in [2.45, 2.75) is 26.2 Å². The summed E-state index contributed by atoms with van der Waals surface area (Å²) >= 11 is 0.